The SMILES string of the molecule is Cc1ccnc(-n2c3[c-]c(Oc4[c-]c(-n5nc(C)c(-c6ccccc6)c5C)cc(C(C)(C)C)c4)ccc3c3cc(CC(C)C)ccc32)c1.[Pt+2]. The van der Waals surface area contributed by atoms with Gasteiger partial charge in [-0.3, -0.25) is 4.68 Å². The first-order chi connectivity index (χ1) is 23.0. The second kappa shape index (κ2) is 13.4. The maximum absolute atomic E-state index is 6.65. The molecule has 0 N–H and O–H groups in total. The average Bonchev–Trinajstić information content (AvgIpc) is 3.52. The number of ether oxygens (including phenoxy) is 1. The molecule has 0 saturated carbocycles. The number of nitrogens with zero attached hydrogens (tertiary/aromatic N) is 4. The average molecular weight is 826 g/mol. The van der Waals surface area contributed by atoms with Crippen LogP contribution in [-0.4, -0.2) is 19.3 Å². The predicted molar refractivity (Wildman–Crippen MR) is 197 cm³/mol. The number of fused-ring (bicyclic) bond motifs is 3. The van der Waals surface area contributed by atoms with E-state index in [-0.39, 0.29) is 26.5 Å². The molecule has 6 heteroatoms. The Kier molecular flexibility index (Phi) is 9.44. The van der Waals surface area contributed by atoms with Crippen molar-refractivity contribution < 1.29 is 25.8 Å². The summed E-state index contributed by atoms with van der Waals surface area (Å²) in [6.45, 7) is 17.4. The largest absolute Gasteiger partial charge is 2.00 e. The molecule has 4 aromatic carbocycles. The van der Waals surface area contributed by atoms with Gasteiger partial charge in [-0.05, 0) is 84.5 Å². The third kappa shape index (κ3) is 6.74. The Balaban J connectivity index is 0.00000417. The first-order valence-corrected chi connectivity index (χ1v) is 16.8. The monoisotopic (exact) mass is 825 g/mol. The van der Waals surface area contributed by atoms with Crippen molar-refractivity contribution in [2.75, 3.05) is 0 Å². The Morgan fingerprint density at radius 1 is 0.816 bits per heavy atom. The third-order valence-corrected chi connectivity index (χ3v) is 8.99. The van der Waals surface area contributed by atoms with Crippen molar-refractivity contribution in [3.8, 4) is 34.1 Å². The molecule has 49 heavy (non-hydrogen) atoms. The number of aryl methyl sites for hydroxylation is 2. The summed E-state index contributed by atoms with van der Waals surface area (Å²) >= 11 is 0. The second-order valence-corrected chi connectivity index (χ2v) is 14.4. The van der Waals surface area contributed by atoms with E-state index < -0.39 is 0 Å². The van der Waals surface area contributed by atoms with Crippen LogP contribution in [0.1, 0.15) is 62.7 Å². The van der Waals surface area contributed by atoms with E-state index in [0.717, 1.165) is 68.0 Å². The molecule has 7 rings (SSSR count). The standard InChI is InChI=1S/C43H42N4O.Pt/c1-27(2)20-31-14-17-39-38(22-31)37-16-15-35(26-40(37)46(39)41-21-28(3)18-19-44-41)48-36-24-33(43(6,7)8)23-34(25-36)47-30(5)42(29(4)45-47)32-12-10-9-11-13-32;/h9-19,21-24,27H,20H2,1-8H3;/q-2;+2. The normalized spacial score (nSPS) is 11.8. The summed E-state index contributed by atoms with van der Waals surface area (Å²) in [5.74, 6) is 2.68. The van der Waals surface area contributed by atoms with Crippen LogP contribution in [0.2, 0.25) is 0 Å². The Hall–Kier alpha value is -4.47. The fourth-order valence-corrected chi connectivity index (χ4v) is 6.66. The Morgan fingerprint density at radius 2 is 1.59 bits per heavy atom. The number of rotatable bonds is 7. The van der Waals surface area contributed by atoms with E-state index in [9.17, 15) is 0 Å². The van der Waals surface area contributed by atoms with Crippen LogP contribution in [0.3, 0.4) is 0 Å². The van der Waals surface area contributed by atoms with Crippen LogP contribution >= 0.6 is 0 Å². The summed E-state index contributed by atoms with van der Waals surface area (Å²) in [7, 11) is 0. The molecule has 0 spiro atoms. The molecule has 3 aromatic heterocycles. The fraction of sp³-hybridized carbons (Fsp3) is 0.256. The van der Waals surface area contributed by atoms with Crippen LogP contribution in [0.5, 0.6) is 11.5 Å². The van der Waals surface area contributed by atoms with Crippen LogP contribution in [0.4, 0.5) is 0 Å². The van der Waals surface area contributed by atoms with Crippen molar-refractivity contribution in [1.29, 1.82) is 0 Å². The zero-order chi connectivity index (χ0) is 33.7. The van der Waals surface area contributed by atoms with E-state index in [2.05, 4.69) is 139 Å². The minimum absolute atomic E-state index is 0. The molecule has 0 aliphatic carbocycles. The summed E-state index contributed by atoms with van der Waals surface area (Å²) in [6, 6.07) is 37.0. The van der Waals surface area contributed by atoms with Crippen LogP contribution in [0, 0.1) is 38.8 Å². The molecule has 0 bridgehead atoms. The molecular formula is C43H42N4OPt. The molecule has 5 nitrogen and oxygen atoms in total. The molecule has 0 saturated heterocycles. The van der Waals surface area contributed by atoms with Gasteiger partial charge in [-0.15, -0.1) is 41.3 Å². The number of aromatic nitrogens is 4. The summed E-state index contributed by atoms with van der Waals surface area (Å²) in [4.78, 5) is 4.78. The molecule has 7 aromatic rings. The van der Waals surface area contributed by atoms with Gasteiger partial charge in [0.05, 0.1) is 5.69 Å². The van der Waals surface area contributed by atoms with Crippen molar-refractivity contribution in [1.82, 2.24) is 19.3 Å². The van der Waals surface area contributed by atoms with Gasteiger partial charge < -0.3 is 9.30 Å². The fourth-order valence-electron chi connectivity index (χ4n) is 6.66. The molecule has 0 aliphatic heterocycles. The quantitative estimate of drug-likeness (QED) is 0.150. The van der Waals surface area contributed by atoms with Crippen LogP contribution in [0.25, 0.3) is 44.4 Å². The van der Waals surface area contributed by atoms with Crippen LogP contribution in [-0.2, 0) is 32.9 Å². The maximum Gasteiger partial charge on any atom is 2.00 e. The maximum atomic E-state index is 6.65. The first-order valence-electron chi connectivity index (χ1n) is 16.8. The van der Waals surface area contributed by atoms with E-state index in [4.69, 9.17) is 14.8 Å². The second-order valence-electron chi connectivity index (χ2n) is 14.4. The van der Waals surface area contributed by atoms with Gasteiger partial charge in [0.2, 0.25) is 0 Å². The number of benzene rings is 4. The first kappa shape index (κ1) is 34.4. The summed E-state index contributed by atoms with van der Waals surface area (Å²) in [5.41, 5.74) is 10.7. The minimum atomic E-state index is -0.120. The summed E-state index contributed by atoms with van der Waals surface area (Å²) in [6.07, 6.45) is 2.90. The third-order valence-electron chi connectivity index (χ3n) is 8.99. The zero-order valence-electron chi connectivity index (χ0n) is 29.5. The van der Waals surface area contributed by atoms with Crippen molar-refractivity contribution in [3.63, 3.8) is 0 Å². The van der Waals surface area contributed by atoms with Crippen molar-refractivity contribution in [3.05, 3.63) is 131 Å². The van der Waals surface area contributed by atoms with E-state index in [1.54, 1.807) is 0 Å². The molecule has 0 amide bonds. The Morgan fingerprint density at radius 3 is 2.31 bits per heavy atom. The molecule has 0 aliphatic rings. The smallest absolute Gasteiger partial charge is 0.509 e. The predicted octanol–water partition coefficient (Wildman–Crippen LogP) is 10.8. The van der Waals surface area contributed by atoms with Crippen LogP contribution in [0.15, 0.2) is 91.1 Å². The van der Waals surface area contributed by atoms with Gasteiger partial charge in [-0.25, -0.2) is 4.98 Å². The molecule has 250 valence electrons. The molecule has 0 unspecified atom stereocenters. The van der Waals surface area contributed by atoms with Gasteiger partial charge in [0, 0.05) is 34.5 Å². The molecular weight excluding hydrogens is 784 g/mol. The number of hydrogen-bond acceptors (Lipinski definition) is 3. The minimum Gasteiger partial charge on any atom is -0.509 e. The van der Waals surface area contributed by atoms with Gasteiger partial charge >= 0.3 is 21.1 Å². The van der Waals surface area contributed by atoms with Gasteiger partial charge in [0.15, 0.2) is 0 Å². The molecule has 3 heterocycles. The van der Waals surface area contributed by atoms with E-state index in [1.165, 1.54) is 10.9 Å². The summed E-state index contributed by atoms with van der Waals surface area (Å²) in [5, 5.41) is 7.29. The van der Waals surface area contributed by atoms with E-state index >= 15 is 0 Å². The Bertz CT molecular complexity index is 2290. The topological polar surface area (TPSA) is 44.9 Å². The zero-order valence-corrected chi connectivity index (χ0v) is 31.7. The van der Waals surface area contributed by atoms with Gasteiger partial charge in [-0.2, -0.15) is 11.2 Å². The molecule has 0 radical (unpaired) electrons. The molecule has 0 atom stereocenters. The molecule has 0 fully saturated rings. The van der Waals surface area contributed by atoms with Crippen molar-refractivity contribution in [2.24, 2.45) is 5.92 Å². The number of pyridine rings is 1. The van der Waals surface area contributed by atoms with Crippen molar-refractivity contribution in [2.45, 2.75) is 67.2 Å². The van der Waals surface area contributed by atoms with E-state index in [0.29, 0.717) is 17.4 Å². The van der Waals surface area contributed by atoms with Gasteiger partial charge in [-0.1, -0.05) is 82.6 Å². The van der Waals surface area contributed by atoms with Gasteiger partial charge in [0.25, 0.3) is 0 Å². The Labute approximate surface area is 304 Å². The van der Waals surface area contributed by atoms with Gasteiger partial charge in [0.1, 0.15) is 5.82 Å². The van der Waals surface area contributed by atoms with Crippen LogP contribution < -0.4 is 4.74 Å². The van der Waals surface area contributed by atoms with E-state index in [1.807, 2.05) is 29.1 Å². The van der Waals surface area contributed by atoms with Crippen molar-refractivity contribution >= 4 is 21.8 Å². The number of hydrogen-bond donors (Lipinski definition) is 0. The summed E-state index contributed by atoms with van der Waals surface area (Å²) < 4.78 is 10.8.